The molecule has 4 amide bonds. The Hall–Kier alpha value is -4.88. The van der Waals surface area contributed by atoms with E-state index in [4.69, 9.17) is 5.73 Å². The summed E-state index contributed by atoms with van der Waals surface area (Å²) in [7, 11) is -8.79. The number of nitrogens with one attached hydrogen (secondary N) is 1. The number of hydrogen-bond donors (Lipinski definition) is 4. The lowest BCUT2D eigenvalue weighted by Crippen LogP contribution is -2.39. The zero-order valence-corrected chi connectivity index (χ0v) is 37.3. The molecule has 1 fully saturated rings. The first-order valence-corrected chi connectivity index (χ1v) is 23.8. The second kappa shape index (κ2) is 19.0. The summed E-state index contributed by atoms with van der Waals surface area (Å²) >= 11 is 1.24. The molecule has 3 heterocycles. The van der Waals surface area contributed by atoms with Gasteiger partial charge in [-0.3, -0.25) is 38.2 Å². The number of nitrogens with zero attached hydrogens (tertiary/aromatic N) is 3. The minimum absolute atomic E-state index is 0.0480. The average molecular weight is 896 g/mol. The van der Waals surface area contributed by atoms with Crippen LogP contribution in [-0.2, 0) is 50.2 Å². The number of likely N-dealkylation sites (tertiary alicyclic amines) is 1. The highest BCUT2D eigenvalue weighted by Crippen LogP contribution is 2.48. The van der Waals surface area contributed by atoms with E-state index in [1.807, 2.05) is 70.2 Å². The Morgan fingerprint density at radius 2 is 1.52 bits per heavy atom. The molecular weight excluding hydrogens is 843 g/mol. The number of carbonyl (C=O) groups excluding carboxylic acids is 4. The first kappa shape index (κ1) is 47.2. The number of aliphatic imine (C=N–C) groups is 1. The third-order valence-electron chi connectivity index (χ3n) is 11.1. The third-order valence-corrected chi connectivity index (χ3v) is 14.3. The number of imide groups is 1. The molecule has 1 saturated heterocycles. The molecule has 2 aromatic carbocycles. The number of benzene rings is 2. The molecular formula is C43H53N5O10S3. The Kier molecular flexibility index (Phi) is 14.7. The molecule has 0 aliphatic carbocycles. The molecule has 0 bridgehead atoms. The number of unbranched alkanes of at least 4 members (excludes halogenated alkanes) is 2. The number of thioether (sulfide) groups is 1. The highest BCUT2D eigenvalue weighted by atomic mass is 32.2. The van der Waals surface area contributed by atoms with Crippen LogP contribution < -0.4 is 16.0 Å². The lowest BCUT2D eigenvalue weighted by atomic mass is 9.81. The van der Waals surface area contributed by atoms with Crippen molar-refractivity contribution in [3.8, 4) is 0 Å². The van der Waals surface area contributed by atoms with Gasteiger partial charge in [0.2, 0.25) is 23.6 Å². The molecule has 15 nitrogen and oxygen atoms in total. The highest BCUT2D eigenvalue weighted by molar-refractivity contribution is 8.00. The van der Waals surface area contributed by atoms with Gasteiger partial charge in [0, 0.05) is 66.4 Å². The molecule has 1 unspecified atom stereocenters. The second-order valence-corrected chi connectivity index (χ2v) is 20.3. The van der Waals surface area contributed by atoms with Gasteiger partial charge in [0.15, 0.2) is 0 Å². The zero-order valence-electron chi connectivity index (χ0n) is 34.8. The number of amides is 4. The van der Waals surface area contributed by atoms with Crippen molar-refractivity contribution in [2.45, 2.75) is 92.6 Å². The van der Waals surface area contributed by atoms with Crippen LogP contribution >= 0.6 is 11.8 Å². The molecule has 2 aromatic rings. The summed E-state index contributed by atoms with van der Waals surface area (Å²) in [5.41, 5.74) is 8.60. The van der Waals surface area contributed by atoms with Crippen molar-refractivity contribution in [2.75, 3.05) is 30.3 Å². The molecule has 3 aliphatic heterocycles. The number of fused-ring (bicyclic) bond motifs is 2. The van der Waals surface area contributed by atoms with Crippen molar-refractivity contribution in [1.82, 2.24) is 10.2 Å². The van der Waals surface area contributed by atoms with Crippen molar-refractivity contribution >= 4 is 72.7 Å². The molecule has 5 N–H and O–H groups in total. The topological polar surface area (TPSA) is 234 Å². The van der Waals surface area contributed by atoms with Crippen molar-refractivity contribution in [1.29, 1.82) is 0 Å². The largest absolute Gasteiger partial charge is 0.369 e. The molecule has 2 atom stereocenters. The minimum atomic E-state index is -4.44. The second-order valence-electron chi connectivity index (χ2n) is 16.3. The minimum Gasteiger partial charge on any atom is -0.369 e. The van der Waals surface area contributed by atoms with Gasteiger partial charge in [0.25, 0.3) is 20.2 Å². The van der Waals surface area contributed by atoms with Gasteiger partial charge in [0.1, 0.15) is 0 Å². The third kappa shape index (κ3) is 11.1. The Labute approximate surface area is 361 Å². The first-order chi connectivity index (χ1) is 28.5. The number of anilines is 1. The summed E-state index contributed by atoms with van der Waals surface area (Å²) in [5.74, 6) is -1.38. The van der Waals surface area contributed by atoms with Crippen LogP contribution in [0, 0.1) is 5.92 Å². The molecule has 3 aliphatic rings. The molecule has 0 spiro atoms. The molecule has 5 rings (SSSR count). The summed E-state index contributed by atoms with van der Waals surface area (Å²) in [4.78, 5) is 56.7. The molecule has 0 aromatic heterocycles. The van der Waals surface area contributed by atoms with Crippen LogP contribution in [0.2, 0.25) is 0 Å². The molecule has 61 heavy (non-hydrogen) atoms. The van der Waals surface area contributed by atoms with Gasteiger partial charge in [0.05, 0.1) is 26.4 Å². The molecule has 18 heteroatoms. The summed E-state index contributed by atoms with van der Waals surface area (Å²) in [6, 6.07) is 8.91. The molecule has 0 radical (unpaired) electrons. The van der Waals surface area contributed by atoms with Crippen LogP contribution in [0.5, 0.6) is 0 Å². The fraction of sp³-hybridized carbons (Fsp3) is 0.419. The summed E-state index contributed by atoms with van der Waals surface area (Å²) in [6.07, 6.45) is 15.3. The number of carbonyl (C=O) groups is 4. The lowest BCUT2D eigenvalue weighted by molar-refractivity contribution is -0.138. The lowest BCUT2D eigenvalue weighted by Gasteiger charge is -2.27. The van der Waals surface area contributed by atoms with Crippen LogP contribution in [0.1, 0.15) is 77.8 Å². The van der Waals surface area contributed by atoms with E-state index >= 15 is 0 Å². The monoisotopic (exact) mass is 895 g/mol. The van der Waals surface area contributed by atoms with E-state index in [1.54, 1.807) is 19.1 Å². The van der Waals surface area contributed by atoms with E-state index in [-0.39, 0.29) is 53.4 Å². The Morgan fingerprint density at radius 1 is 0.885 bits per heavy atom. The average Bonchev–Trinajstić information content (AvgIpc) is 3.69. The summed E-state index contributed by atoms with van der Waals surface area (Å²) < 4.78 is 66.8. The van der Waals surface area contributed by atoms with E-state index in [9.17, 15) is 45.1 Å². The quantitative estimate of drug-likeness (QED) is 0.0588. The van der Waals surface area contributed by atoms with E-state index in [0.717, 1.165) is 27.6 Å². The smallest absolute Gasteiger partial charge is 0.294 e. The number of nitrogens with two attached hydrogens (primary N) is 1. The summed E-state index contributed by atoms with van der Waals surface area (Å²) in [5, 5.41) is 2.22. The van der Waals surface area contributed by atoms with Gasteiger partial charge in [-0.1, -0.05) is 71.4 Å². The van der Waals surface area contributed by atoms with Gasteiger partial charge >= 0.3 is 0 Å². The van der Waals surface area contributed by atoms with Crippen molar-refractivity contribution in [3.63, 3.8) is 0 Å². The van der Waals surface area contributed by atoms with Crippen LogP contribution in [0.3, 0.4) is 0 Å². The van der Waals surface area contributed by atoms with Gasteiger partial charge in [-0.25, -0.2) is 0 Å². The first-order valence-electron chi connectivity index (χ1n) is 19.9. The van der Waals surface area contributed by atoms with Gasteiger partial charge in [-0.15, -0.1) is 11.8 Å². The Bertz CT molecular complexity index is 2450. The fourth-order valence-electron chi connectivity index (χ4n) is 7.46. The number of allylic oxidation sites excluding steroid dienone is 8. The maximum absolute atomic E-state index is 12.7. The summed E-state index contributed by atoms with van der Waals surface area (Å²) in [6.45, 7) is 10.3. The van der Waals surface area contributed by atoms with Crippen LogP contribution in [0.15, 0.2) is 99.4 Å². The standard InChI is InChI=1S/C43H53N5O10S3/c1-28(40(44)51)27-59-35-26-39(50)48(41(35)52)23-21-45-38(49)16-12-9-13-22-47-34-20-18-30(61(56,57)58)25-32(34)43(4,5)37(47)15-11-8-6-7-10-14-36-42(2,3)31-24-29(60(53,54)55)17-19-33(31)46-36/h6-8,10-11,14-15,17-20,24-25,28,35H,9,12-13,16,21-23,26-27H2,1-5H3,(H2,44,51)(H,45,49)(H,53,54,55)(H,56,57,58)/b7-6+,11-8+,14-10+,37-15+/t28-,35?/m1/s1. The van der Waals surface area contributed by atoms with Crippen LogP contribution in [-0.4, -0.2) is 90.8 Å². The SMILES string of the molecule is C[C@H](CSC1CC(=O)N(CCNC(=O)CCCCCN2/C(=C/C=C/C=C/C=C/C3=Nc4ccc(S(=O)(=O)O)cc4C3(C)C)C(C)(C)c3cc(S(=O)(=O)O)ccc32)C1=O)C(N)=O. The van der Waals surface area contributed by atoms with Crippen molar-refractivity contribution in [3.05, 3.63) is 95.8 Å². The number of hydrogen-bond acceptors (Lipinski definition) is 11. The predicted octanol–water partition coefficient (Wildman–Crippen LogP) is 5.55. The maximum atomic E-state index is 12.7. The van der Waals surface area contributed by atoms with Gasteiger partial charge in [-0.2, -0.15) is 16.8 Å². The highest BCUT2D eigenvalue weighted by Gasteiger charge is 2.41. The van der Waals surface area contributed by atoms with E-state index in [0.29, 0.717) is 42.8 Å². The van der Waals surface area contributed by atoms with Crippen LogP contribution in [0.4, 0.5) is 11.4 Å². The maximum Gasteiger partial charge on any atom is 0.294 e. The number of primary amides is 1. The fourth-order valence-corrected chi connectivity index (χ4v) is 9.69. The zero-order chi connectivity index (χ0) is 44.9. The molecule has 0 saturated carbocycles. The Morgan fingerprint density at radius 3 is 2.20 bits per heavy atom. The van der Waals surface area contributed by atoms with Gasteiger partial charge < -0.3 is 16.0 Å². The van der Waals surface area contributed by atoms with Crippen molar-refractivity contribution in [2.24, 2.45) is 16.6 Å². The van der Waals surface area contributed by atoms with Crippen LogP contribution in [0.25, 0.3) is 0 Å². The Balaban J connectivity index is 1.16. The van der Waals surface area contributed by atoms with E-state index in [1.165, 1.54) is 36.0 Å². The van der Waals surface area contributed by atoms with Gasteiger partial charge in [-0.05, 0) is 72.5 Å². The van der Waals surface area contributed by atoms with E-state index in [2.05, 4.69) is 15.2 Å². The normalized spacial score (nSPS) is 19.7. The van der Waals surface area contributed by atoms with E-state index < -0.39 is 48.1 Å². The predicted molar refractivity (Wildman–Crippen MR) is 236 cm³/mol. The molecule has 328 valence electrons. The number of rotatable bonds is 19. The van der Waals surface area contributed by atoms with Crippen molar-refractivity contribution < 1.29 is 45.1 Å².